The summed E-state index contributed by atoms with van der Waals surface area (Å²) in [4.78, 5) is 21.1. The molecule has 0 saturated carbocycles. The highest BCUT2D eigenvalue weighted by Gasteiger charge is 2.24. The van der Waals surface area contributed by atoms with Crippen LogP contribution in [0.25, 0.3) is 11.4 Å². The molecular formula is C19H22N6O2. The zero-order valence-corrected chi connectivity index (χ0v) is 15.5. The minimum absolute atomic E-state index is 0.0298. The first-order chi connectivity index (χ1) is 13.1. The summed E-state index contributed by atoms with van der Waals surface area (Å²) >= 11 is 0. The Morgan fingerprint density at radius 1 is 1.15 bits per heavy atom. The van der Waals surface area contributed by atoms with Crippen molar-refractivity contribution in [1.29, 1.82) is 0 Å². The molecule has 8 nitrogen and oxygen atoms in total. The van der Waals surface area contributed by atoms with Crippen LogP contribution >= 0.6 is 0 Å². The molecule has 0 bridgehead atoms. The van der Waals surface area contributed by atoms with E-state index >= 15 is 0 Å². The van der Waals surface area contributed by atoms with Gasteiger partial charge in [-0.15, -0.1) is 0 Å². The molecule has 0 atom stereocenters. The predicted molar refractivity (Wildman–Crippen MR) is 98.9 cm³/mol. The van der Waals surface area contributed by atoms with E-state index in [9.17, 15) is 4.79 Å². The summed E-state index contributed by atoms with van der Waals surface area (Å²) in [5.74, 6) is 1.23. The van der Waals surface area contributed by atoms with Crippen molar-refractivity contribution in [1.82, 2.24) is 29.7 Å². The minimum atomic E-state index is 0.0298. The zero-order chi connectivity index (χ0) is 18.8. The molecule has 8 heteroatoms. The second kappa shape index (κ2) is 7.32. The fraction of sp³-hybridized carbons (Fsp3) is 0.368. The summed E-state index contributed by atoms with van der Waals surface area (Å²) in [5, 5.41) is 8.15. The van der Waals surface area contributed by atoms with Crippen molar-refractivity contribution >= 4 is 5.91 Å². The summed E-state index contributed by atoms with van der Waals surface area (Å²) in [7, 11) is 1.81. The topological polar surface area (TPSA) is 80.3 Å². The molecule has 1 aromatic carbocycles. The molecule has 1 aliphatic rings. The number of piperazine rings is 1. The minimum Gasteiger partial charge on any atom is -0.338 e. The van der Waals surface area contributed by atoms with Crippen LogP contribution in [0, 0.1) is 6.92 Å². The van der Waals surface area contributed by atoms with E-state index in [2.05, 4.69) is 20.1 Å². The first-order valence-electron chi connectivity index (χ1n) is 8.98. The van der Waals surface area contributed by atoms with Gasteiger partial charge in [0.05, 0.1) is 18.3 Å². The van der Waals surface area contributed by atoms with Gasteiger partial charge in [-0.2, -0.15) is 10.1 Å². The number of carbonyl (C=O) groups excluding carboxylic acids is 1. The van der Waals surface area contributed by atoms with Crippen LogP contribution in [-0.2, 0) is 13.6 Å². The van der Waals surface area contributed by atoms with Gasteiger partial charge < -0.3 is 9.42 Å². The zero-order valence-electron chi connectivity index (χ0n) is 15.5. The number of aryl methyl sites for hydroxylation is 2. The molecule has 1 amide bonds. The van der Waals surface area contributed by atoms with Crippen molar-refractivity contribution in [2.45, 2.75) is 13.5 Å². The van der Waals surface area contributed by atoms with Gasteiger partial charge in [0.25, 0.3) is 5.91 Å². The molecule has 3 aromatic rings. The van der Waals surface area contributed by atoms with Gasteiger partial charge in [-0.05, 0) is 6.92 Å². The smallest absolute Gasteiger partial charge is 0.257 e. The summed E-state index contributed by atoms with van der Waals surface area (Å²) in [6.45, 7) is 5.53. The summed E-state index contributed by atoms with van der Waals surface area (Å²) in [6, 6.07) is 8.05. The molecule has 27 heavy (non-hydrogen) atoms. The molecule has 0 radical (unpaired) electrons. The summed E-state index contributed by atoms with van der Waals surface area (Å²) in [6.07, 6.45) is 3.36. The average Bonchev–Trinajstić information content (AvgIpc) is 3.32. The lowest BCUT2D eigenvalue weighted by atomic mass is 10.1. The van der Waals surface area contributed by atoms with Gasteiger partial charge in [0.2, 0.25) is 11.7 Å². The second-order valence-electron chi connectivity index (χ2n) is 6.85. The van der Waals surface area contributed by atoms with Gasteiger partial charge in [0.15, 0.2) is 0 Å². The number of hydrogen-bond donors (Lipinski definition) is 0. The van der Waals surface area contributed by atoms with E-state index in [-0.39, 0.29) is 5.91 Å². The molecule has 0 unspecified atom stereocenters. The molecule has 1 saturated heterocycles. The van der Waals surface area contributed by atoms with Crippen LogP contribution < -0.4 is 0 Å². The van der Waals surface area contributed by atoms with E-state index in [4.69, 9.17) is 4.52 Å². The average molecular weight is 366 g/mol. The maximum atomic E-state index is 12.5. The van der Waals surface area contributed by atoms with E-state index in [1.807, 2.05) is 43.1 Å². The fourth-order valence-corrected chi connectivity index (χ4v) is 3.15. The normalized spacial score (nSPS) is 15.3. The Bertz CT molecular complexity index is 922. The molecular weight excluding hydrogens is 344 g/mol. The Balaban J connectivity index is 1.33. The van der Waals surface area contributed by atoms with Crippen LogP contribution in [0.15, 0.2) is 41.2 Å². The van der Waals surface area contributed by atoms with Crippen molar-refractivity contribution in [2.75, 3.05) is 26.2 Å². The van der Waals surface area contributed by atoms with E-state index in [1.54, 1.807) is 17.1 Å². The highest BCUT2D eigenvalue weighted by molar-refractivity contribution is 5.93. The lowest BCUT2D eigenvalue weighted by Crippen LogP contribution is -2.48. The number of aromatic nitrogens is 4. The fourth-order valence-electron chi connectivity index (χ4n) is 3.15. The molecule has 1 aliphatic heterocycles. The standard InChI is InChI=1S/C19H22N6O2/c1-14-3-5-15(6-4-14)18-21-17(27-22-18)13-24-7-9-25(10-8-24)19(26)16-11-20-23(2)12-16/h3-6,11-12H,7-10,13H2,1-2H3. The molecule has 1 fully saturated rings. The van der Waals surface area contributed by atoms with Gasteiger partial charge in [-0.1, -0.05) is 35.0 Å². The van der Waals surface area contributed by atoms with Gasteiger partial charge in [0, 0.05) is 45.0 Å². The maximum Gasteiger partial charge on any atom is 0.257 e. The molecule has 140 valence electrons. The quantitative estimate of drug-likeness (QED) is 0.700. The highest BCUT2D eigenvalue weighted by Crippen LogP contribution is 2.17. The summed E-state index contributed by atoms with van der Waals surface area (Å²) < 4.78 is 7.05. The van der Waals surface area contributed by atoms with E-state index in [0.717, 1.165) is 18.7 Å². The number of carbonyl (C=O) groups is 1. The van der Waals surface area contributed by atoms with Crippen molar-refractivity contribution in [2.24, 2.45) is 7.05 Å². The van der Waals surface area contributed by atoms with Crippen LogP contribution in [0.2, 0.25) is 0 Å². The number of rotatable bonds is 4. The monoisotopic (exact) mass is 366 g/mol. The molecule has 2 aromatic heterocycles. The third-order valence-corrected chi connectivity index (χ3v) is 4.75. The van der Waals surface area contributed by atoms with Crippen LogP contribution in [0.4, 0.5) is 0 Å². The predicted octanol–water partition coefficient (Wildman–Crippen LogP) is 1.74. The van der Waals surface area contributed by atoms with Crippen molar-refractivity contribution < 1.29 is 9.32 Å². The third-order valence-electron chi connectivity index (χ3n) is 4.75. The summed E-state index contributed by atoms with van der Waals surface area (Å²) in [5.41, 5.74) is 2.77. The van der Waals surface area contributed by atoms with Crippen LogP contribution in [-0.4, -0.2) is 61.8 Å². The number of nitrogens with zero attached hydrogens (tertiary/aromatic N) is 6. The molecule has 0 spiro atoms. The van der Waals surface area contributed by atoms with E-state index < -0.39 is 0 Å². The lowest BCUT2D eigenvalue weighted by Gasteiger charge is -2.33. The Kier molecular flexibility index (Phi) is 4.72. The molecule has 4 rings (SSSR count). The van der Waals surface area contributed by atoms with Gasteiger partial charge in [0.1, 0.15) is 0 Å². The van der Waals surface area contributed by atoms with Crippen molar-refractivity contribution in [3.05, 3.63) is 53.7 Å². The Labute approximate surface area is 157 Å². The largest absolute Gasteiger partial charge is 0.338 e. The number of hydrogen-bond acceptors (Lipinski definition) is 6. The lowest BCUT2D eigenvalue weighted by molar-refractivity contribution is 0.0615. The van der Waals surface area contributed by atoms with Gasteiger partial charge in [-0.25, -0.2) is 0 Å². The van der Waals surface area contributed by atoms with E-state index in [0.29, 0.717) is 36.9 Å². The van der Waals surface area contributed by atoms with Crippen molar-refractivity contribution in [3.63, 3.8) is 0 Å². The number of amides is 1. The van der Waals surface area contributed by atoms with Gasteiger partial charge in [-0.3, -0.25) is 14.4 Å². The SMILES string of the molecule is Cc1ccc(-c2noc(CN3CCN(C(=O)c4cnn(C)c4)CC3)n2)cc1. The Hall–Kier alpha value is -3.00. The van der Waals surface area contributed by atoms with Crippen LogP contribution in [0.1, 0.15) is 21.8 Å². The number of benzene rings is 1. The van der Waals surface area contributed by atoms with Crippen molar-refractivity contribution in [3.8, 4) is 11.4 Å². The second-order valence-corrected chi connectivity index (χ2v) is 6.85. The molecule has 0 aliphatic carbocycles. The molecule has 0 N–H and O–H groups in total. The first-order valence-corrected chi connectivity index (χ1v) is 8.98. The van der Waals surface area contributed by atoms with Gasteiger partial charge >= 0.3 is 0 Å². The first kappa shape index (κ1) is 17.4. The molecule has 3 heterocycles. The van der Waals surface area contributed by atoms with Crippen LogP contribution in [0.5, 0.6) is 0 Å². The van der Waals surface area contributed by atoms with Crippen LogP contribution in [0.3, 0.4) is 0 Å². The maximum absolute atomic E-state index is 12.5. The van der Waals surface area contributed by atoms with E-state index in [1.165, 1.54) is 5.56 Å². The highest BCUT2D eigenvalue weighted by atomic mass is 16.5. The Morgan fingerprint density at radius 3 is 2.56 bits per heavy atom. The Morgan fingerprint density at radius 2 is 1.89 bits per heavy atom. The third kappa shape index (κ3) is 3.90.